The van der Waals surface area contributed by atoms with E-state index in [-0.39, 0.29) is 57.7 Å². The Morgan fingerprint density at radius 3 is 2.59 bits per heavy atom. The number of nitrogen functional groups attached to an aromatic ring is 1. The fourth-order valence-electron chi connectivity index (χ4n) is 5.69. The average Bonchev–Trinajstić information content (AvgIpc) is 3.41. The largest absolute Gasteiger partial charge is 0.494 e. The van der Waals surface area contributed by atoms with Gasteiger partial charge in [0, 0.05) is 40.2 Å². The van der Waals surface area contributed by atoms with Gasteiger partial charge < -0.3 is 20.5 Å². The molecular weight excluding hydrogens is 548 g/mol. The van der Waals surface area contributed by atoms with Crippen molar-refractivity contribution in [2.75, 3.05) is 25.3 Å². The molecule has 4 N–H and O–H groups in total. The van der Waals surface area contributed by atoms with Crippen molar-refractivity contribution in [2.45, 2.75) is 30.3 Å². The minimum absolute atomic E-state index is 0.00542. The van der Waals surface area contributed by atoms with E-state index in [1.165, 1.54) is 32.4 Å². The molecule has 2 aliphatic heterocycles. The minimum Gasteiger partial charge on any atom is -0.494 e. The van der Waals surface area contributed by atoms with Crippen LogP contribution in [0, 0.1) is 5.82 Å². The summed E-state index contributed by atoms with van der Waals surface area (Å²) in [6, 6.07) is 12.0. The second-order valence-corrected chi connectivity index (χ2v) is 10.3. The smallest absolute Gasteiger partial charge is 0.341 e. The van der Waals surface area contributed by atoms with Crippen LogP contribution in [0.2, 0.25) is 10.0 Å². The third kappa shape index (κ3) is 4.30. The van der Waals surface area contributed by atoms with E-state index >= 15 is 4.39 Å². The zero-order chi connectivity index (χ0) is 28.1. The number of halogens is 3. The highest BCUT2D eigenvalue weighted by Crippen LogP contribution is 2.53. The zero-order valence-electron chi connectivity index (χ0n) is 20.9. The van der Waals surface area contributed by atoms with Gasteiger partial charge in [-0.15, -0.1) is 0 Å². The molecule has 2 aliphatic rings. The molecule has 0 saturated carbocycles. The Morgan fingerprint density at radius 1 is 1.13 bits per heavy atom. The van der Waals surface area contributed by atoms with Gasteiger partial charge in [-0.05, 0) is 42.3 Å². The average molecular weight is 572 g/mol. The van der Waals surface area contributed by atoms with Crippen molar-refractivity contribution in [3.63, 3.8) is 0 Å². The van der Waals surface area contributed by atoms with Crippen molar-refractivity contribution in [3.8, 4) is 5.75 Å². The highest BCUT2D eigenvalue weighted by atomic mass is 35.5. The summed E-state index contributed by atoms with van der Waals surface area (Å²) >= 11 is 12.3. The van der Waals surface area contributed by atoms with Gasteiger partial charge in [0.15, 0.2) is 11.5 Å². The number of anilines is 2. The zero-order valence-corrected chi connectivity index (χ0v) is 22.5. The van der Waals surface area contributed by atoms with Crippen LogP contribution >= 0.6 is 23.2 Å². The first-order chi connectivity index (χ1) is 18.6. The standard InChI is InChI=1S/C28H24Cl2FN3O5/c1-38-25-17(26(36)39-2)8-7-16(24(25)32)22(35)12-14-11-19(15-4-3-5-20(30)23(15)31)28(34-14)18-9-6-13(29)10-21(18)33-27(28)37/h3-10,14,19,34H,11-12,32H2,1-2H3,(H,33,37)/t14-,19-,28-/m1/s1. The molecule has 3 atom stereocenters. The van der Waals surface area contributed by atoms with Gasteiger partial charge in [-0.3, -0.25) is 14.9 Å². The number of ether oxygens (including phenoxy) is 2. The SMILES string of the molecule is COC(=O)c1ccc(C(=O)C[C@H]2C[C@H](c3cccc(Cl)c3F)[C@@]3(N2)C(=O)Nc2cc(Cl)ccc23)c(N)c1OC. The summed E-state index contributed by atoms with van der Waals surface area (Å²) in [4.78, 5) is 39.1. The molecule has 8 nitrogen and oxygen atoms in total. The normalized spacial score (nSPS) is 21.5. The molecule has 2 heterocycles. The molecule has 0 aromatic heterocycles. The maximum Gasteiger partial charge on any atom is 0.341 e. The number of carbonyl (C=O) groups excluding carboxylic acids is 3. The Bertz CT molecular complexity index is 1530. The first kappa shape index (κ1) is 26.9. The lowest BCUT2D eigenvalue weighted by Gasteiger charge is -2.30. The van der Waals surface area contributed by atoms with E-state index in [1.807, 2.05) is 0 Å². The number of esters is 1. The number of carbonyl (C=O) groups is 3. The van der Waals surface area contributed by atoms with Crippen molar-refractivity contribution in [1.82, 2.24) is 5.32 Å². The monoisotopic (exact) mass is 571 g/mol. The van der Waals surface area contributed by atoms with Crippen LogP contribution in [0.25, 0.3) is 0 Å². The molecule has 5 rings (SSSR count). The second-order valence-electron chi connectivity index (χ2n) is 9.45. The maximum atomic E-state index is 15.3. The highest BCUT2D eigenvalue weighted by molar-refractivity contribution is 6.31. The fourth-order valence-corrected chi connectivity index (χ4v) is 6.04. The fraction of sp³-hybridized carbons (Fsp3) is 0.250. The molecule has 3 aromatic carbocycles. The lowest BCUT2D eigenvalue weighted by molar-refractivity contribution is -0.122. The van der Waals surface area contributed by atoms with E-state index < -0.39 is 29.3 Å². The molecule has 0 aliphatic carbocycles. The van der Waals surface area contributed by atoms with Crippen LogP contribution in [0.5, 0.6) is 5.75 Å². The molecule has 1 amide bonds. The number of nitrogens with one attached hydrogen (secondary N) is 2. The number of Topliss-reactive ketones (excluding diaryl/α,β-unsaturated/α-hetero) is 1. The number of benzene rings is 3. The summed E-state index contributed by atoms with van der Waals surface area (Å²) in [6.07, 6.45) is 0.178. The molecule has 11 heteroatoms. The lowest BCUT2D eigenvalue weighted by Crippen LogP contribution is -2.49. The quantitative estimate of drug-likeness (QED) is 0.214. The Hall–Kier alpha value is -3.66. The van der Waals surface area contributed by atoms with Gasteiger partial charge in [0.2, 0.25) is 5.91 Å². The summed E-state index contributed by atoms with van der Waals surface area (Å²) in [5.74, 6) is -2.68. The van der Waals surface area contributed by atoms with Gasteiger partial charge >= 0.3 is 5.97 Å². The predicted molar refractivity (Wildman–Crippen MR) is 145 cm³/mol. The molecule has 0 radical (unpaired) electrons. The molecule has 202 valence electrons. The first-order valence-corrected chi connectivity index (χ1v) is 12.8. The number of amides is 1. The maximum absolute atomic E-state index is 15.3. The van der Waals surface area contributed by atoms with Crippen LogP contribution in [0.1, 0.15) is 50.6 Å². The number of hydrogen-bond donors (Lipinski definition) is 3. The van der Waals surface area contributed by atoms with Crippen molar-refractivity contribution in [1.29, 1.82) is 0 Å². The van der Waals surface area contributed by atoms with E-state index in [9.17, 15) is 14.4 Å². The van der Waals surface area contributed by atoms with E-state index in [4.69, 9.17) is 38.4 Å². The third-order valence-corrected chi connectivity index (χ3v) is 7.91. The van der Waals surface area contributed by atoms with E-state index in [0.717, 1.165) is 0 Å². The van der Waals surface area contributed by atoms with E-state index in [2.05, 4.69) is 10.6 Å². The summed E-state index contributed by atoms with van der Waals surface area (Å²) in [6.45, 7) is 0. The van der Waals surface area contributed by atoms with Gasteiger partial charge in [0.25, 0.3) is 0 Å². The lowest BCUT2D eigenvalue weighted by atomic mass is 9.76. The molecule has 1 fully saturated rings. The summed E-state index contributed by atoms with van der Waals surface area (Å²) < 4.78 is 25.4. The summed E-state index contributed by atoms with van der Waals surface area (Å²) in [5, 5.41) is 6.56. The van der Waals surface area contributed by atoms with Gasteiger partial charge in [0.05, 0.1) is 24.9 Å². The first-order valence-electron chi connectivity index (χ1n) is 12.0. The molecule has 3 aromatic rings. The highest BCUT2D eigenvalue weighted by Gasteiger charge is 2.58. The topological polar surface area (TPSA) is 120 Å². The minimum atomic E-state index is -1.37. The molecule has 39 heavy (non-hydrogen) atoms. The predicted octanol–water partition coefficient (Wildman–Crippen LogP) is 5.08. The number of rotatable bonds is 6. The van der Waals surface area contributed by atoms with Gasteiger partial charge in [-0.2, -0.15) is 0 Å². The molecule has 1 saturated heterocycles. The van der Waals surface area contributed by atoms with Crippen LogP contribution in [0.4, 0.5) is 15.8 Å². The Morgan fingerprint density at radius 2 is 1.87 bits per heavy atom. The number of hydrogen-bond acceptors (Lipinski definition) is 7. The Kier molecular flexibility index (Phi) is 7.00. The number of methoxy groups -OCH3 is 2. The van der Waals surface area contributed by atoms with Crippen molar-refractivity contribution >= 4 is 52.2 Å². The van der Waals surface area contributed by atoms with Gasteiger partial charge in [-0.1, -0.05) is 41.4 Å². The number of fused-ring (bicyclic) bond motifs is 2. The summed E-state index contributed by atoms with van der Waals surface area (Å²) in [5.41, 5.74) is 6.44. The van der Waals surface area contributed by atoms with Crippen LogP contribution in [0.3, 0.4) is 0 Å². The molecule has 0 bridgehead atoms. The van der Waals surface area contributed by atoms with Crippen LogP contribution in [-0.4, -0.2) is 37.9 Å². The molecule has 1 spiro atoms. The molecular formula is C28H24Cl2FN3O5. The van der Waals surface area contributed by atoms with E-state index in [0.29, 0.717) is 16.3 Å². The van der Waals surface area contributed by atoms with Crippen molar-refractivity contribution < 1.29 is 28.2 Å². The van der Waals surface area contributed by atoms with Gasteiger partial charge in [0.1, 0.15) is 16.9 Å². The Balaban J connectivity index is 1.54. The molecule has 0 unspecified atom stereocenters. The van der Waals surface area contributed by atoms with Gasteiger partial charge in [-0.25, -0.2) is 9.18 Å². The van der Waals surface area contributed by atoms with Crippen LogP contribution in [0.15, 0.2) is 48.5 Å². The van der Waals surface area contributed by atoms with Crippen LogP contribution in [-0.2, 0) is 15.1 Å². The number of nitrogens with two attached hydrogens (primary N) is 1. The Labute approximate surface area is 233 Å². The van der Waals surface area contributed by atoms with Crippen molar-refractivity contribution in [3.05, 3.63) is 86.6 Å². The second kappa shape index (κ2) is 10.1. The van der Waals surface area contributed by atoms with Crippen molar-refractivity contribution in [2.24, 2.45) is 0 Å². The third-order valence-electron chi connectivity index (χ3n) is 7.38. The summed E-state index contributed by atoms with van der Waals surface area (Å²) in [7, 11) is 2.56. The number of ketones is 1. The van der Waals surface area contributed by atoms with E-state index in [1.54, 1.807) is 30.3 Å². The van der Waals surface area contributed by atoms with Crippen LogP contribution < -0.4 is 21.1 Å².